The lowest BCUT2D eigenvalue weighted by Crippen LogP contribution is -2.26. The van der Waals surface area contributed by atoms with Crippen molar-refractivity contribution in [3.63, 3.8) is 0 Å². The standard InChI is InChI=1S/C17H25N3S/c1-4-15-11-16(20(5-2)19-15)10-14(18)12-21-17-8-6-13(3)7-9-17/h6-9,11,14H,4-5,10,12,18H2,1-3H3. The van der Waals surface area contributed by atoms with E-state index in [-0.39, 0.29) is 6.04 Å². The van der Waals surface area contributed by atoms with Gasteiger partial charge in [0.05, 0.1) is 5.69 Å². The fourth-order valence-electron chi connectivity index (χ4n) is 2.29. The van der Waals surface area contributed by atoms with Gasteiger partial charge in [-0.1, -0.05) is 24.6 Å². The number of nitrogens with two attached hydrogens (primary N) is 1. The van der Waals surface area contributed by atoms with Crippen LogP contribution in [0.3, 0.4) is 0 Å². The lowest BCUT2D eigenvalue weighted by molar-refractivity contribution is 0.592. The number of nitrogens with zero attached hydrogens (tertiary/aromatic N) is 2. The number of thioether (sulfide) groups is 1. The SMILES string of the molecule is CCc1cc(CC(N)CSc2ccc(C)cc2)n(CC)n1. The smallest absolute Gasteiger partial charge is 0.0624 e. The summed E-state index contributed by atoms with van der Waals surface area (Å²) in [6, 6.07) is 11.0. The average Bonchev–Trinajstić information content (AvgIpc) is 2.89. The van der Waals surface area contributed by atoms with Crippen LogP contribution in [0.15, 0.2) is 35.2 Å². The summed E-state index contributed by atoms with van der Waals surface area (Å²) in [6.45, 7) is 7.28. The van der Waals surface area contributed by atoms with Crippen LogP contribution in [0.1, 0.15) is 30.8 Å². The molecular formula is C17H25N3S. The molecule has 2 N–H and O–H groups in total. The Hall–Kier alpha value is -1.26. The molecule has 1 heterocycles. The normalized spacial score (nSPS) is 12.6. The van der Waals surface area contributed by atoms with Crippen molar-refractivity contribution in [3.8, 4) is 0 Å². The predicted molar refractivity (Wildman–Crippen MR) is 90.9 cm³/mol. The second kappa shape index (κ2) is 7.66. The molecule has 1 unspecified atom stereocenters. The molecule has 1 aromatic carbocycles. The molecule has 1 atom stereocenters. The summed E-state index contributed by atoms with van der Waals surface area (Å²) in [5.74, 6) is 0.930. The van der Waals surface area contributed by atoms with Gasteiger partial charge in [0.15, 0.2) is 0 Å². The van der Waals surface area contributed by atoms with E-state index in [0.29, 0.717) is 0 Å². The third-order valence-electron chi connectivity index (χ3n) is 3.53. The number of benzene rings is 1. The van der Waals surface area contributed by atoms with Gasteiger partial charge in [0.25, 0.3) is 0 Å². The van der Waals surface area contributed by atoms with Gasteiger partial charge in [0.2, 0.25) is 0 Å². The van der Waals surface area contributed by atoms with Crippen molar-refractivity contribution in [3.05, 3.63) is 47.3 Å². The van der Waals surface area contributed by atoms with Crippen LogP contribution in [0.25, 0.3) is 0 Å². The van der Waals surface area contributed by atoms with Crippen LogP contribution in [0.4, 0.5) is 0 Å². The van der Waals surface area contributed by atoms with Crippen molar-refractivity contribution in [2.24, 2.45) is 5.73 Å². The van der Waals surface area contributed by atoms with Gasteiger partial charge in [0.1, 0.15) is 0 Å². The summed E-state index contributed by atoms with van der Waals surface area (Å²) in [4.78, 5) is 1.29. The van der Waals surface area contributed by atoms with Crippen molar-refractivity contribution >= 4 is 11.8 Å². The molecule has 2 rings (SSSR count). The highest BCUT2D eigenvalue weighted by atomic mass is 32.2. The molecule has 0 bridgehead atoms. The van der Waals surface area contributed by atoms with Gasteiger partial charge < -0.3 is 5.73 Å². The molecular weight excluding hydrogens is 278 g/mol. The second-order valence-electron chi connectivity index (χ2n) is 5.38. The molecule has 0 spiro atoms. The second-order valence-corrected chi connectivity index (χ2v) is 6.48. The van der Waals surface area contributed by atoms with E-state index in [0.717, 1.165) is 30.8 Å². The van der Waals surface area contributed by atoms with E-state index < -0.39 is 0 Å². The Morgan fingerprint density at radius 1 is 1.24 bits per heavy atom. The minimum absolute atomic E-state index is 0.156. The summed E-state index contributed by atoms with van der Waals surface area (Å²) >= 11 is 1.83. The van der Waals surface area contributed by atoms with Crippen LogP contribution in [-0.2, 0) is 19.4 Å². The fourth-order valence-corrected chi connectivity index (χ4v) is 3.14. The van der Waals surface area contributed by atoms with Gasteiger partial charge in [-0.15, -0.1) is 11.8 Å². The summed E-state index contributed by atoms with van der Waals surface area (Å²) < 4.78 is 2.08. The first kappa shape index (κ1) is 16.1. The highest BCUT2D eigenvalue weighted by Gasteiger charge is 2.11. The summed E-state index contributed by atoms with van der Waals surface area (Å²) in [5, 5.41) is 4.58. The zero-order valence-corrected chi connectivity index (χ0v) is 14.0. The number of aryl methyl sites for hydroxylation is 3. The van der Waals surface area contributed by atoms with Crippen molar-refractivity contribution < 1.29 is 0 Å². The Bertz CT molecular complexity index is 560. The third kappa shape index (κ3) is 4.61. The van der Waals surface area contributed by atoms with Crippen LogP contribution in [0.2, 0.25) is 0 Å². The predicted octanol–water partition coefficient (Wildman–Crippen LogP) is 3.44. The van der Waals surface area contributed by atoms with Crippen molar-refractivity contribution in [2.45, 2.75) is 51.1 Å². The van der Waals surface area contributed by atoms with E-state index in [1.807, 2.05) is 11.8 Å². The monoisotopic (exact) mass is 303 g/mol. The lowest BCUT2D eigenvalue weighted by Gasteiger charge is -2.12. The van der Waals surface area contributed by atoms with Gasteiger partial charge in [-0.2, -0.15) is 5.10 Å². The summed E-state index contributed by atoms with van der Waals surface area (Å²) in [6.07, 6.45) is 1.87. The molecule has 3 nitrogen and oxygen atoms in total. The van der Waals surface area contributed by atoms with Gasteiger partial charge in [-0.25, -0.2) is 0 Å². The Morgan fingerprint density at radius 3 is 2.57 bits per heavy atom. The first-order chi connectivity index (χ1) is 10.1. The molecule has 4 heteroatoms. The number of hydrogen-bond donors (Lipinski definition) is 1. The molecule has 1 aromatic heterocycles. The maximum atomic E-state index is 6.30. The average molecular weight is 303 g/mol. The number of rotatable bonds is 7. The molecule has 0 aliphatic carbocycles. The first-order valence-corrected chi connectivity index (χ1v) is 8.61. The van der Waals surface area contributed by atoms with Crippen molar-refractivity contribution in [1.29, 1.82) is 0 Å². The molecule has 2 aromatic rings. The van der Waals surface area contributed by atoms with E-state index in [2.05, 4.69) is 60.9 Å². The minimum atomic E-state index is 0.156. The molecule has 0 radical (unpaired) electrons. The van der Waals surface area contributed by atoms with E-state index in [9.17, 15) is 0 Å². The van der Waals surface area contributed by atoms with Crippen LogP contribution in [0, 0.1) is 6.92 Å². The van der Waals surface area contributed by atoms with E-state index in [1.54, 1.807) is 0 Å². The topological polar surface area (TPSA) is 43.8 Å². The minimum Gasteiger partial charge on any atom is -0.327 e. The maximum Gasteiger partial charge on any atom is 0.0624 e. The van der Waals surface area contributed by atoms with Gasteiger partial charge in [-0.05, 0) is 38.5 Å². The Labute approximate surface area is 131 Å². The zero-order valence-electron chi connectivity index (χ0n) is 13.2. The molecule has 0 aliphatic heterocycles. The Kier molecular flexibility index (Phi) is 5.88. The molecule has 114 valence electrons. The van der Waals surface area contributed by atoms with Crippen LogP contribution < -0.4 is 5.73 Å². The first-order valence-electron chi connectivity index (χ1n) is 7.63. The van der Waals surface area contributed by atoms with Crippen molar-refractivity contribution in [1.82, 2.24) is 9.78 Å². The molecule has 0 saturated heterocycles. The Morgan fingerprint density at radius 2 is 1.95 bits per heavy atom. The van der Waals surface area contributed by atoms with Gasteiger partial charge >= 0.3 is 0 Å². The molecule has 0 amide bonds. The van der Waals surface area contributed by atoms with Crippen LogP contribution in [0.5, 0.6) is 0 Å². The van der Waals surface area contributed by atoms with E-state index in [1.165, 1.54) is 16.2 Å². The summed E-state index contributed by atoms with van der Waals surface area (Å²) in [5.41, 5.74) is 10.0. The van der Waals surface area contributed by atoms with Crippen LogP contribution in [-0.4, -0.2) is 21.6 Å². The van der Waals surface area contributed by atoms with E-state index >= 15 is 0 Å². The van der Waals surface area contributed by atoms with Crippen molar-refractivity contribution in [2.75, 3.05) is 5.75 Å². The third-order valence-corrected chi connectivity index (χ3v) is 4.73. The van der Waals surface area contributed by atoms with Gasteiger partial charge in [0, 0.05) is 35.3 Å². The summed E-state index contributed by atoms with van der Waals surface area (Å²) in [7, 11) is 0. The molecule has 0 aliphatic rings. The quantitative estimate of drug-likeness (QED) is 0.797. The molecule has 21 heavy (non-hydrogen) atoms. The molecule has 0 fully saturated rings. The Balaban J connectivity index is 1.90. The zero-order chi connectivity index (χ0) is 15.2. The fraction of sp³-hybridized carbons (Fsp3) is 0.471. The highest BCUT2D eigenvalue weighted by molar-refractivity contribution is 7.99. The largest absolute Gasteiger partial charge is 0.327 e. The number of aromatic nitrogens is 2. The lowest BCUT2D eigenvalue weighted by atomic mass is 10.2. The van der Waals surface area contributed by atoms with Gasteiger partial charge in [-0.3, -0.25) is 4.68 Å². The number of hydrogen-bond acceptors (Lipinski definition) is 3. The highest BCUT2D eigenvalue weighted by Crippen LogP contribution is 2.20. The maximum absolute atomic E-state index is 6.30. The van der Waals surface area contributed by atoms with E-state index in [4.69, 9.17) is 5.73 Å². The molecule has 0 saturated carbocycles. The van der Waals surface area contributed by atoms with Crippen LogP contribution >= 0.6 is 11.8 Å².